The molecule has 0 amide bonds. The highest BCUT2D eigenvalue weighted by atomic mass is 31.2. The van der Waals surface area contributed by atoms with Crippen LogP contribution in [0.25, 0.3) is 10.9 Å². The van der Waals surface area contributed by atoms with Crippen molar-refractivity contribution in [1.29, 1.82) is 0 Å². The van der Waals surface area contributed by atoms with E-state index in [-0.39, 0.29) is 11.2 Å². The van der Waals surface area contributed by atoms with Crippen molar-refractivity contribution in [3.8, 4) is 0 Å². The third-order valence-electron chi connectivity index (χ3n) is 8.20. The van der Waals surface area contributed by atoms with Crippen LogP contribution < -0.4 is 10.8 Å². The molecule has 40 heavy (non-hydrogen) atoms. The molecule has 0 spiro atoms. The number of hydrogen-bond donors (Lipinski definition) is 1. The number of pyridine rings is 1. The standard InChI is InChI=1S/C29H42F3N4O2PSi/c1-10-40(11-2,12-3)38-20(7)29(31,32)24-15-13-14-22(27(24)30)19(6)34-28-23-16-26(39(9,37)18(4)5)33-17-25(23)35-21(8)36-28/h13-20H,10-12H2,1-9H3,(H,34,35,36)/t19-,20?,39?/m1/s1. The van der Waals surface area contributed by atoms with Crippen LogP contribution in [0.5, 0.6) is 0 Å². The van der Waals surface area contributed by atoms with Crippen molar-refractivity contribution in [1.82, 2.24) is 15.0 Å². The van der Waals surface area contributed by atoms with E-state index in [9.17, 15) is 4.57 Å². The van der Waals surface area contributed by atoms with Crippen LogP contribution in [0.2, 0.25) is 18.1 Å². The number of halogens is 3. The van der Waals surface area contributed by atoms with Crippen LogP contribution in [0.3, 0.4) is 0 Å². The molecule has 0 bridgehead atoms. The Morgan fingerprint density at radius 1 is 1.07 bits per heavy atom. The number of alkyl halides is 2. The fourth-order valence-corrected chi connectivity index (χ4v) is 8.95. The Morgan fingerprint density at radius 2 is 1.70 bits per heavy atom. The van der Waals surface area contributed by atoms with Gasteiger partial charge in [-0.15, -0.1) is 0 Å². The Morgan fingerprint density at radius 3 is 2.27 bits per heavy atom. The fraction of sp³-hybridized carbons (Fsp3) is 0.552. The number of rotatable bonds is 12. The zero-order chi connectivity index (χ0) is 30.0. The maximum atomic E-state index is 15.8. The van der Waals surface area contributed by atoms with Gasteiger partial charge in [0.15, 0.2) is 8.32 Å². The minimum Gasteiger partial charge on any atom is -0.408 e. The highest BCUT2D eigenvalue weighted by Crippen LogP contribution is 2.45. The first kappa shape index (κ1) is 32.2. The minimum absolute atomic E-state index is 0.0800. The first-order valence-electron chi connectivity index (χ1n) is 14.0. The molecule has 1 N–H and O–H groups in total. The third kappa shape index (κ3) is 6.29. The summed E-state index contributed by atoms with van der Waals surface area (Å²) in [4.78, 5) is 13.3. The molecule has 0 fully saturated rings. The number of benzene rings is 1. The molecular weight excluding hydrogens is 552 g/mol. The summed E-state index contributed by atoms with van der Waals surface area (Å²) < 4.78 is 66.5. The Bertz CT molecular complexity index is 1390. The molecule has 0 radical (unpaired) electrons. The third-order valence-corrected chi connectivity index (χ3v) is 16.0. The molecular formula is C29H42F3N4O2PSi. The minimum atomic E-state index is -3.52. The molecule has 3 atom stereocenters. The molecule has 6 nitrogen and oxygen atoms in total. The molecule has 0 aliphatic heterocycles. The summed E-state index contributed by atoms with van der Waals surface area (Å²) in [6, 6.07) is 7.21. The molecule has 11 heteroatoms. The van der Waals surface area contributed by atoms with Crippen molar-refractivity contribution >= 4 is 37.6 Å². The van der Waals surface area contributed by atoms with Crippen LogP contribution in [0.15, 0.2) is 30.5 Å². The zero-order valence-electron chi connectivity index (χ0n) is 25.0. The van der Waals surface area contributed by atoms with E-state index >= 15 is 13.2 Å². The van der Waals surface area contributed by atoms with Crippen molar-refractivity contribution in [2.75, 3.05) is 12.0 Å². The predicted molar refractivity (Wildman–Crippen MR) is 160 cm³/mol. The average Bonchev–Trinajstić information content (AvgIpc) is 2.91. The second kappa shape index (κ2) is 12.3. The number of aryl methyl sites for hydroxylation is 1. The van der Waals surface area contributed by atoms with E-state index in [1.165, 1.54) is 19.1 Å². The van der Waals surface area contributed by atoms with E-state index in [4.69, 9.17) is 4.43 Å². The monoisotopic (exact) mass is 594 g/mol. The summed E-state index contributed by atoms with van der Waals surface area (Å²) in [5.74, 6) is -3.65. The van der Waals surface area contributed by atoms with Gasteiger partial charge in [-0.05, 0) is 57.7 Å². The van der Waals surface area contributed by atoms with E-state index < -0.39 is 44.9 Å². The van der Waals surface area contributed by atoms with Crippen molar-refractivity contribution in [3.63, 3.8) is 0 Å². The predicted octanol–water partition coefficient (Wildman–Crippen LogP) is 8.17. The van der Waals surface area contributed by atoms with Gasteiger partial charge < -0.3 is 14.3 Å². The SMILES string of the molecule is CC[Si](CC)(CC)OC(C)C(F)(F)c1cccc([C@@H](C)Nc2nc(C)nc3cnc(P(C)(=O)C(C)C)cc23)c1F. The molecule has 2 aromatic heterocycles. The van der Waals surface area contributed by atoms with Gasteiger partial charge in [-0.1, -0.05) is 46.8 Å². The van der Waals surface area contributed by atoms with Gasteiger partial charge in [0.2, 0.25) is 0 Å². The summed E-state index contributed by atoms with van der Waals surface area (Å²) >= 11 is 0. The quantitative estimate of drug-likeness (QED) is 0.168. The summed E-state index contributed by atoms with van der Waals surface area (Å²) in [6.07, 6.45) is 0.0976. The zero-order valence-corrected chi connectivity index (χ0v) is 26.9. The highest BCUT2D eigenvalue weighted by Gasteiger charge is 2.46. The van der Waals surface area contributed by atoms with Crippen molar-refractivity contribution < 1.29 is 22.2 Å². The lowest BCUT2D eigenvalue weighted by molar-refractivity contribution is -0.101. The van der Waals surface area contributed by atoms with Gasteiger partial charge in [-0.25, -0.2) is 14.4 Å². The number of aromatic nitrogens is 3. The fourth-order valence-electron chi connectivity index (χ4n) is 4.85. The number of nitrogens with one attached hydrogen (secondary N) is 1. The molecule has 1 aromatic carbocycles. The molecule has 2 unspecified atom stereocenters. The number of fused-ring (bicyclic) bond motifs is 1. The van der Waals surface area contributed by atoms with Crippen LogP contribution in [0, 0.1) is 12.7 Å². The van der Waals surface area contributed by atoms with Crippen LogP contribution in [0.1, 0.15) is 71.5 Å². The second-order valence-electron chi connectivity index (χ2n) is 11.0. The molecule has 2 heterocycles. The van der Waals surface area contributed by atoms with E-state index in [1.54, 1.807) is 32.8 Å². The summed E-state index contributed by atoms with van der Waals surface area (Å²) in [5.41, 5.74) is 0.277. The highest BCUT2D eigenvalue weighted by molar-refractivity contribution is 7.71. The summed E-state index contributed by atoms with van der Waals surface area (Å²) in [5, 5.41) is 3.76. The van der Waals surface area contributed by atoms with E-state index in [1.807, 2.05) is 34.6 Å². The van der Waals surface area contributed by atoms with Gasteiger partial charge in [-0.3, -0.25) is 4.98 Å². The van der Waals surface area contributed by atoms with Gasteiger partial charge in [0.1, 0.15) is 36.1 Å². The van der Waals surface area contributed by atoms with Crippen molar-refractivity contribution in [2.24, 2.45) is 0 Å². The van der Waals surface area contributed by atoms with Crippen LogP contribution in [-0.2, 0) is 14.9 Å². The average molecular weight is 595 g/mol. The lowest BCUT2D eigenvalue weighted by Crippen LogP contribution is -2.44. The Kier molecular flexibility index (Phi) is 9.90. The molecule has 3 rings (SSSR count). The topological polar surface area (TPSA) is 77.0 Å². The molecule has 3 aromatic rings. The van der Waals surface area contributed by atoms with Crippen molar-refractivity contribution in [3.05, 3.63) is 53.2 Å². The first-order valence-corrected chi connectivity index (χ1v) is 18.7. The van der Waals surface area contributed by atoms with Crippen LogP contribution in [0.4, 0.5) is 19.0 Å². The smallest absolute Gasteiger partial charge is 0.300 e. The van der Waals surface area contributed by atoms with Crippen LogP contribution in [-0.4, -0.2) is 41.7 Å². The molecule has 0 aliphatic carbocycles. The second-order valence-corrected chi connectivity index (χ2v) is 19.2. The summed E-state index contributed by atoms with van der Waals surface area (Å²) in [6.45, 7) is 16.1. The molecule has 0 saturated carbocycles. The molecule has 0 saturated heterocycles. The van der Waals surface area contributed by atoms with Gasteiger partial charge in [0.05, 0.1) is 23.3 Å². The largest absolute Gasteiger partial charge is 0.408 e. The molecule has 220 valence electrons. The van der Waals surface area contributed by atoms with Gasteiger partial charge in [0, 0.05) is 16.6 Å². The number of hydrogen-bond acceptors (Lipinski definition) is 6. The Labute approximate surface area is 237 Å². The Balaban J connectivity index is 2.00. The van der Waals surface area contributed by atoms with Crippen LogP contribution >= 0.6 is 7.14 Å². The van der Waals surface area contributed by atoms with E-state index in [0.717, 1.165) is 24.2 Å². The lowest BCUT2D eigenvalue weighted by Gasteiger charge is -2.35. The lowest BCUT2D eigenvalue weighted by atomic mass is 9.97. The maximum Gasteiger partial charge on any atom is 0.300 e. The Hall–Kier alpha value is -2.29. The summed E-state index contributed by atoms with van der Waals surface area (Å²) in [7, 11) is -5.10. The number of anilines is 1. The normalized spacial score (nSPS) is 15.7. The first-order chi connectivity index (χ1) is 18.6. The molecule has 0 aliphatic rings. The van der Waals surface area contributed by atoms with Crippen molar-refractivity contribution in [2.45, 2.75) is 97.2 Å². The van der Waals surface area contributed by atoms with E-state index in [0.29, 0.717) is 28.0 Å². The number of nitrogens with zero attached hydrogens (tertiary/aromatic N) is 3. The maximum absolute atomic E-state index is 15.8. The van der Waals surface area contributed by atoms with Gasteiger partial charge in [0.25, 0.3) is 5.92 Å². The van der Waals surface area contributed by atoms with Gasteiger partial charge >= 0.3 is 0 Å². The van der Waals surface area contributed by atoms with Gasteiger partial charge in [-0.2, -0.15) is 8.78 Å². The van der Waals surface area contributed by atoms with E-state index in [2.05, 4.69) is 20.3 Å².